The number of amides is 1. The molecule has 0 aliphatic carbocycles. The summed E-state index contributed by atoms with van der Waals surface area (Å²) < 4.78 is 11.7. The molecule has 170 valence electrons. The van der Waals surface area contributed by atoms with Crippen LogP contribution in [0.15, 0.2) is 70.5 Å². The summed E-state index contributed by atoms with van der Waals surface area (Å²) in [4.78, 5) is 29.4. The van der Waals surface area contributed by atoms with E-state index in [-0.39, 0.29) is 16.9 Å². The number of pyridine rings is 1. The van der Waals surface area contributed by atoms with Crippen molar-refractivity contribution in [2.75, 3.05) is 11.9 Å². The highest BCUT2D eigenvalue weighted by Crippen LogP contribution is 2.25. The van der Waals surface area contributed by atoms with Gasteiger partial charge in [0.05, 0.1) is 23.1 Å². The molecule has 0 atom stereocenters. The number of carbonyl (C=O) groups is 2. The Morgan fingerprint density at radius 3 is 2.79 bits per heavy atom. The Labute approximate surface area is 198 Å². The third kappa shape index (κ3) is 5.31. The number of carbonyl (C=O) groups excluding carboxylic acids is 2. The van der Waals surface area contributed by atoms with E-state index in [4.69, 9.17) is 9.26 Å². The van der Waals surface area contributed by atoms with Crippen molar-refractivity contribution >= 4 is 29.5 Å². The lowest BCUT2D eigenvalue weighted by atomic mass is 10.3. The zero-order valence-corrected chi connectivity index (χ0v) is 18.8. The molecule has 10 nitrogen and oxygen atoms in total. The summed E-state index contributed by atoms with van der Waals surface area (Å²) >= 11 is 1.30. The number of para-hydroxylation sites is 1. The van der Waals surface area contributed by atoms with Crippen molar-refractivity contribution in [1.29, 1.82) is 5.26 Å². The zero-order valence-electron chi connectivity index (χ0n) is 18.0. The van der Waals surface area contributed by atoms with Crippen LogP contribution in [0.1, 0.15) is 27.4 Å². The number of hydrogen-bond acceptors (Lipinski definition) is 9. The highest BCUT2D eigenvalue weighted by atomic mass is 32.2. The van der Waals surface area contributed by atoms with Crippen LogP contribution in [0.2, 0.25) is 0 Å². The number of nitriles is 1. The second-order valence-electron chi connectivity index (χ2n) is 6.96. The first kappa shape index (κ1) is 22.8. The molecule has 0 radical (unpaired) electrons. The molecule has 4 rings (SSSR count). The van der Waals surface area contributed by atoms with Gasteiger partial charge in [-0.15, -0.1) is 0 Å². The average Bonchev–Trinajstić information content (AvgIpc) is 3.47. The molecular formula is C23H18N6O4S. The zero-order chi connectivity index (χ0) is 23.9. The molecule has 1 N–H and O–H groups in total. The quantitative estimate of drug-likeness (QED) is 0.300. The van der Waals surface area contributed by atoms with Gasteiger partial charge >= 0.3 is 5.97 Å². The SMILES string of the molecule is Cc1cc(CSc2ncccc2C(=O)OCC(=O)Nc2c(C#N)cnn2-c2ccccc2)no1. The molecule has 0 saturated carbocycles. The number of rotatable bonds is 8. The number of nitrogens with zero attached hydrogens (tertiary/aromatic N) is 5. The van der Waals surface area contributed by atoms with Crippen LogP contribution < -0.4 is 5.32 Å². The minimum absolute atomic E-state index is 0.178. The van der Waals surface area contributed by atoms with Crippen molar-refractivity contribution in [3.8, 4) is 11.8 Å². The Morgan fingerprint density at radius 2 is 2.06 bits per heavy atom. The molecule has 0 aliphatic heterocycles. The number of esters is 1. The first-order chi connectivity index (χ1) is 16.5. The maximum atomic E-state index is 12.6. The van der Waals surface area contributed by atoms with Crippen LogP contribution >= 0.6 is 11.8 Å². The lowest BCUT2D eigenvalue weighted by Crippen LogP contribution is -2.23. The van der Waals surface area contributed by atoms with Crippen LogP contribution in [0.4, 0.5) is 5.82 Å². The van der Waals surface area contributed by atoms with E-state index in [2.05, 4.69) is 20.6 Å². The summed E-state index contributed by atoms with van der Waals surface area (Å²) in [7, 11) is 0. The second kappa shape index (κ2) is 10.5. The van der Waals surface area contributed by atoms with E-state index in [1.165, 1.54) is 22.6 Å². The maximum absolute atomic E-state index is 12.6. The van der Waals surface area contributed by atoms with Crippen LogP contribution in [-0.4, -0.2) is 38.4 Å². The third-order valence-electron chi connectivity index (χ3n) is 4.51. The van der Waals surface area contributed by atoms with Crippen LogP contribution in [0.3, 0.4) is 0 Å². The average molecular weight is 475 g/mol. The Bertz CT molecular complexity index is 1360. The van der Waals surface area contributed by atoms with E-state index >= 15 is 0 Å². The normalized spacial score (nSPS) is 10.5. The van der Waals surface area contributed by atoms with Crippen molar-refractivity contribution < 1.29 is 18.8 Å². The number of aryl methyl sites for hydroxylation is 1. The number of nitrogens with one attached hydrogen (secondary N) is 1. The number of ether oxygens (including phenoxy) is 1. The van der Waals surface area contributed by atoms with Gasteiger partial charge in [0.25, 0.3) is 5.91 Å². The molecule has 3 heterocycles. The van der Waals surface area contributed by atoms with Gasteiger partial charge in [-0.3, -0.25) is 4.79 Å². The van der Waals surface area contributed by atoms with Gasteiger partial charge in [-0.05, 0) is 31.2 Å². The molecule has 11 heteroatoms. The number of hydrogen-bond donors (Lipinski definition) is 1. The molecule has 1 amide bonds. The lowest BCUT2D eigenvalue weighted by Gasteiger charge is -2.11. The van der Waals surface area contributed by atoms with Crippen molar-refractivity contribution in [1.82, 2.24) is 19.9 Å². The third-order valence-corrected chi connectivity index (χ3v) is 5.55. The van der Waals surface area contributed by atoms with E-state index in [0.717, 1.165) is 5.69 Å². The summed E-state index contributed by atoms with van der Waals surface area (Å²) in [6.07, 6.45) is 2.91. The number of anilines is 1. The van der Waals surface area contributed by atoms with Gasteiger partial charge < -0.3 is 14.6 Å². The summed E-state index contributed by atoms with van der Waals surface area (Å²) in [5, 5.41) is 20.5. The highest BCUT2D eigenvalue weighted by Gasteiger charge is 2.19. The van der Waals surface area contributed by atoms with Crippen LogP contribution in [0, 0.1) is 18.3 Å². The summed E-state index contributed by atoms with van der Waals surface area (Å²) in [5.41, 5.74) is 1.79. The highest BCUT2D eigenvalue weighted by molar-refractivity contribution is 7.98. The van der Waals surface area contributed by atoms with Crippen LogP contribution in [0.5, 0.6) is 0 Å². The monoisotopic (exact) mass is 474 g/mol. The van der Waals surface area contributed by atoms with E-state index in [1.54, 1.807) is 43.5 Å². The summed E-state index contributed by atoms with van der Waals surface area (Å²) in [6.45, 7) is 1.24. The molecule has 0 saturated heterocycles. The van der Waals surface area contributed by atoms with Crippen LogP contribution in [-0.2, 0) is 15.3 Å². The Balaban J connectivity index is 1.40. The van der Waals surface area contributed by atoms with Gasteiger partial charge in [0, 0.05) is 18.0 Å². The van der Waals surface area contributed by atoms with Crippen molar-refractivity contribution in [2.45, 2.75) is 17.7 Å². The number of benzene rings is 1. The fraction of sp³-hybridized carbons (Fsp3) is 0.130. The van der Waals surface area contributed by atoms with Crippen molar-refractivity contribution in [2.24, 2.45) is 0 Å². The number of aromatic nitrogens is 4. The molecule has 34 heavy (non-hydrogen) atoms. The molecular weight excluding hydrogens is 456 g/mol. The van der Waals surface area contributed by atoms with Gasteiger partial charge in [-0.2, -0.15) is 10.4 Å². The van der Waals surface area contributed by atoms with Crippen molar-refractivity contribution in [3.05, 3.63) is 83.5 Å². The Hall–Kier alpha value is -4.43. The topological polar surface area (TPSA) is 136 Å². The molecule has 0 unspecified atom stereocenters. The molecule has 0 spiro atoms. The summed E-state index contributed by atoms with van der Waals surface area (Å²) in [6, 6.07) is 16.0. The standard InChI is InChI=1S/C23H18N6O4S/c1-15-10-17(28-33-15)14-34-22-19(8-5-9-25-22)23(31)32-13-20(30)27-21-16(11-24)12-26-29(21)18-6-3-2-4-7-18/h2-10,12H,13-14H2,1H3,(H,27,30). The first-order valence-electron chi connectivity index (χ1n) is 10.1. The fourth-order valence-electron chi connectivity index (χ4n) is 2.98. The largest absolute Gasteiger partial charge is 0.452 e. The van der Waals surface area contributed by atoms with Gasteiger partial charge in [0.1, 0.15) is 22.4 Å². The Morgan fingerprint density at radius 1 is 1.24 bits per heavy atom. The molecule has 0 bridgehead atoms. The van der Waals surface area contributed by atoms with E-state index < -0.39 is 18.5 Å². The molecule has 3 aromatic heterocycles. The maximum Gasteiger partial charge on any atom is 0.341 e. The van der Waals surface area contributed by atoms with Crippen molar-refractivity contribution in [3.63, 3.8) is 0 Å². The fourth-order valence-corrected chi connectivity index (χ4v) is 3.84. The van der Waals surface area contributed by atoms with E-state index in [9.17, 15) is 14.9 Å². The van der Waals surface area contributed by atoms with E-state index in [1.807, 2.05) is 24.3 Å². The molecule has 0 fully saturated rings. The van der Waals surface area contributed by atoms with E-state index in [0.29, 0.717) is 22.2 Å². The Kier molecular flexibility index (Phi) is 7.00. The second-order valence-corrected chi connectivity index (χ2v) is 7.93. The predicted molar refractivity (Wildman–Crippen MR) is 122 cm³/mol. The lowest BCUT2D eigenvalue weighted by molar-refractivity contribution is -0.119. The van der Waals surface area contributed by atoms with Gasteiger partial charge in [-0.25, -0.2) is 14.5 Å². The molecule has 4 aromatic rings. The minimum atomic E-state index is -0.695. The molecule has 0 aliphatic rings. The predicted octanol–water partition coefficient (Wildman–Crippen LogP) is 3.52. The van der Waals surface area contributed by atoms with Gasteiger partial charge in [0.2, 0.25) is 0 Å². The minimum Gasteiger partial charge on any atom is -0.452 e. The number of thioether (sulfide) groups is 1. The smallest absolute Gasteiger partial charge is 0.341 e. The molecule has 1 aromatic carbocycles. The summed E-state index contributed by atoms with van der Waals surface area (Å²) in [5.74, 6) is 0.0266. The van der Waals surface area contributed by atoms with Gasteiger partial charge in [-0.1, -0.05) is 35.1 Å². The van der Waals surface area contributed by atoms with Crippen LogP contribution in [0.25, 0.3) is 5.69 Å². The van der Waals surface area contributed by atoms with Gasteiger partial charge in [0.15, 0.2) is 12.4 Å². The first-order valence-corrected chi connectivity index (χ1v) is 11.0.